The molecule has 6 rings (SSSR count). The third-order valence-corrected chi connectivity index (χ3v) is 14.6. The van der Waals surface area contributed by atoms with E-state index in [1.807, 2.05) is 42.2 Å². The monoisotopic (exact) mass is 756 g/mol. The number of benzene rings is 2. The van der Waals surface area contributed by atoms with Gasteiger partial charge in [0.25, 0.3) is 5.91 Å². The number of carbonyl (C=O) groups excluding carboxylic acids is 2. The molecule has 0 spiro atoms. The summed E-state index contributed by atoms with van der Waals surface area (Å²) in [7, 11) is -2.26. The van der Waals surface area contributed by atoms with Crippen molar-refractivity contribution in [1.82, 2.24) is 14.5 Å². The van der Waals surface area contributed by atoms with E-state index in [4.69, 9.17) is 21.1 Å². The van der Waals surface area contributed by atoms with E-state index in [0.29, 0.717) is 61.0 Å². The van der Waals surface area contributed by atoms with Gasteiger partial charge in [0.05, 0.1) is 24.1 Å². The molecule has 2 amide bonds. The molecule has 0 aromatic heterocycles. The minimum absolute atomic E-state index is 0.0144. The fourth-order valence-corrected chi connectivity index (χ4v) is 10.4. The summed E-state index contributed by atoms with van der Waals surface area (Å²) in [5, 5.41) is -0.0203. The van der Waals surface area contributed by atoms with E-state index in [1.54, 1.807) is 20.1 Å². The number of aryl methyl sites for hydroxylation is 1. The number of anilines is 1. The van der Waals surface area contributed by atoms with Crippen molar-refractivity contribution in [2.24, 2.45) is 23.2 Å². The molecular weight excluding hydrogens is 700 g/mol. The Morgan fingerprint density at radius 1 is 1.00 bits per heavy atom. The van der Waals surface area contributed by atoms with Crippen LogP contribution in [-0.4, -0.2) is 94.8 Å². The first-order valence-electron chi connectivity index (χ1n) is 19.2. The molecule has 52 heavy (non-hydrogen) atoms. The molecule has 286 valence electrons. The SMILES string of the molecule is COCCN1CCN(C[C@H]2CCC[C@H](C)[C@@H](C)S(=O)(=O)NC(=O)c3ccc4c(c3)N(CCCCc3cc(Cl)ccc3CO4)CC3(C)CC[C@@H]23)CC1=O. The van der Waals surface area contributed by atoms with Crippen molar-refractivity contribution in [3.8, 4) is 5.75 Å². The molecule has 2 bridgehead atoms. The summed E-state index contributed by atoms with van der Waals surface area (Å²) in [6.45, 7) is 12.0. The summed E-state index contributed by atoms with van der Waals surface area (Å²) >= 11 is 6.40. The predicted molar refractivity (Wildman–Crippen MR) is 205 cm³/mol. The van der Waals surface area contributed by atoms with Gasteiger partial charge < -0.3 is 19.3 Å². The fraction of sp³-hybridized carbons (Fsp3) is 0.650. The van der Waals surface area contributed by atoms with Gasteiger partial charge in [0.15, 0.2) is 0 Å². The lowest BCUT2D eigenvalue weighted by molar-refractivity contribution is -0.137. The normalized spacial score (nSPS) is 29.1. The van der Waals surface area contributed by atoms with Crippen molar-refractivity contribution < 1.29 is 27.5 Å². The maximum Gasteiger partial charge on any atom is 0.264 e. The molecule has 2 aromatic carbocycles. The highest BCUT2D eigenvalue weighted by Gasteiger charge is 2.48. The van der Waals surface area contributed by atoms with Gasteiger partial charge in [-0.1, -0.05) is 37.9 Å². The van der Waals surface area contributed by atoms with Crippen LogP contribution in [0.15, 0.2) is 36.4 Å². The van der Waals surface area contributed by atoms with Crippen LogP contribution >= 0.6 is 11.6 Å². The Morgan fingerprint density at radius 2 is 1.83 bits per heavy atom. The number of hydrogen-bond donors (Lipinski definition) is 1. The number of fused-ring (bicyclic) bond motifs is 3. The van der Waals surface area contributed by atoms with Crippen LogP contribution in [0.4, 0.5) is 5.69 Å². The Kier molecular flexibility index (Phi) is 12.4. The molecule has 2 fully saturated rings. The smallest absolute Gasteiger partial charge is 0.264 e. The molecule has 4 aliphatic rings. The third kappa shape index (κ3) is 8.91. The molecule has 1 saturated carbocycles. The Bertz CT molecular complexity index is 1710. The van der Waals surface area contributed by atoms with E-state index in [9.17, 15) is 18.0 Å². The van der Waals surface area contributed by atoms with Gasteiger partial charge in [-0.05, 0) is 116 Å². The second-order valence-electron chi connectivity index (χ2n) is 16.0. The van der Waals surface area contributed by atoms with Crippen LogP contribution in [0, 0.1) is 23.2 Å². The molecule has 1 saturated heterocycles. The zero-order valence-corrected chi connectivity index (χ0v) is 32.9. The number of hydrogen-bond acceptors (Lipinski definition) is 8. The van der Waals surface area contributed by atoms with E-state index in [-0.39, 0.29) is 17.2 Å². The van der Waals surface area contributed by atoms with E-state index in [2.05, 4.69) is 21.4 Å². The van der Waals surface area contributed by atoms with Crippen LogP contribution in [0.3, 0.4) is 0 Å². The molecule has 10 nitrogen and oxygen atoms in total. The van der Waals surface area contributed by atoms with Crippen molar-refractivity contribution in [2.75, 3.05) is 64.4 Å². The van der Waals surface area contributed by atoms with Gasteiger partial charge in [-0.25, -0.2) is 13.1 Å². The second kappa shape index (κ2) is 16.7. The van der Waals surface area contributed by atoms with Crippen molar-refractivity contribution in [1.29, 1.82) is 0 Å². The quantitative estimate of drug-likeness (QED) is 0.387. The van der Waals surface area contributed by atoms with Crippen LogP contribution in [-0.2, 0) is 32.6 Å². The first-order valence-corrected chi connectivity index (χ1v) is 21.1. The zero-order valence-electron chi connectivity index (χ0n) is 31.4. The summed E-state index contributed by atoms with van der Waals surface area (Å²) in [6.07, 6.45) is 7.62. The number of amides is 2. The lowest BCUT2D eigenvalue weighted by atomic mass is 9.55. The highest BCUT2D eigenvalue weighted by molar-refractivity contribution is 7.90. The molecule has 3 aliphatic heterocycles. The van der Waals surface area contributed by atoms with Gasteiger partial charge in [-0.15, -0.1) is 0 Å². The van der Waals surface area contributed by atoms with Crippen LogP contribution in [0.1, 0.15) is 87.2 Å². The van der Waals surface area contributed by atoms with Crippen molar-refractivity contribution in [2.45, 2.75) is 84.0 Å². The van der Waals surface area contributed by atoms with Crippen LogP contribution < -0.4 is 14.4 Å². The maximum absolute atomic E-state index is 13.6. The Morgan fingerprint density at radius 3 is 2.58 bits per heavy atom. The van der Waals surface area contributed by atoms with E-state index in [0.717, 1.165) is 88.8 Å². The van der Waals surface area contributed by atoms with E-state index >= 15 is 0 Å². The number of ether oxygens (including phenoxy) is 2. The number of nitrogens with one attached hydrogen (secondary N) is 1. The second-order valence-corrected chi connectivity index (χ2v) is 18.5. The molecule has 0 radical (unpaired) electrons. The average Bonchev–Trinajstić information content (AvgIpc) is 3.13. The van der Waals surface area contributed by atoms with Gasteiger partial charge in [-0.2, -0.15) is 0 Å². The summed E-state index contributed by atoms with van der Waals surface area (Å²) < 4.78 is 41.3. The topological polar surface area (TPSA) is 108 Å². The first-order chi connectivity index (χ1) is 24.9. The molecule has 3 heterocycles. The number of sulfonamides is 1. The largest absolute Gasteiger partial charge is 0.487 e. The number of piperazine rings is 1. The van der Waals surface area contributed by atoms with Gasteiger partial charge in [0, 0.05) is 57.0 Å². The van der Waals surface area contributed by atoms with Crippen LogP contribution in [0.2, 0.25) is 5.02 Å². The maximum atomic E-state index is 13.6. The lowest BCUT2D eigenvalue weighted by Gasteiger charge is -2.54. The standard InChI is InChI=1S/C40H57ClN4O6S/c1-28-8-7-10-32(24-43-18-19-44(20-21-50-4)38(46)25-43)35-15-16-40(35,3)27-45-17-6-5-9-30-22-34(41)13-11-33(30)26-51-37-14-12-31(23-36(37)45)39(47)42-52(48,49)29(28)2/h11-14,22-23,28-29,32,35H,5-10,15-21,24-27H2,1-4H3,(H,42,47)/t28-,29+,32+,35-,40?/m0/s1. The molecule has 12 heteroatoms. The molecule has 2 aromatic rings. The fourth-order valence-electron chi connectivity index (χ4n) is 8.92. The predicted octanol–water partition coefficient (Wildman–Crippen LogP) is 6.15. The minimum atomic E-state index is -3.92. The van der Waals surface area contributed by atoms with Gasteiger partial charge in [0.1, 0.15) is 12.4 Å². The van der Waals surface area contributed by atoms with Crippen LogP contribution in [0.25, 0.3) is 0 Å². The molecule has 1 unspecified atom stereocenters. The summed E-state index contributed by atoms with van der Waals surface area (Å²) in [5.41, 5.74) is 3.40. The Labute approximate surface area is 315 Å². The number of rotatable bonds is 5. The minimum Gasteiger partial charge on any atom is -0.487 e. The van der Waals surface area contributed by atoms with Crippen molar-refractivity contribution in [3.63, 3.8) is 0 Å². The third-order valence-electron chi connectivity index (χ3n) is 12.5. The molecular formula is C40H57ClN4O6S. The van der Waals surface area contributed by atoms with Crippen molar-refractivity contribution >= 4 is 39.1 Å². The number of methoxy groups -OCH3 is 1. The van der Waals surface area contributed by atoms with Gasteiger partial charge in [0.2, 0.25) is 15.9 Å². The average molecular weight is 757 g/mol. The summed E-state index contributed by atoms with van der Waals surface area (Å²) in [6, 6.07) is 11.3. The summed E-state index contributed by atoms with van der Waals surface area (Å²) in [4.78, 5) is 33.4. The highest BCUT2D eigenvalue weighted by atomic mass is 35.5. The number of carbonyl (C=O) groups is 2. The van der Waals surface area contributed by atoms with Crippen molar-refractivity contribution in [3.05, 3.63) is 58.1 Å². The zero-order chi connectivity index (χ0) is 37.0. The number of halogens is 1. The Balaban J connectivity index is 1.33. The summed E-state index contributed by atoms with van der Waals surface area (Å²) in [5.74, 6) is 0.890. The Hall–Kier alpha value is -2.86. The van der Waals surface area contributed by atoms with Gasteiger partial charge >= 0.3 is 0 Å². The highest BCUT2D eigenvalue weighted by Crippen LogP contribution is 2.53. The molecule has 5 atom stereocenters. The van der Waals surface area contributed by atoms with E-state index in [1.165, 1.54) is 5.56 Å². The molecule has 1 N–H and O–H groups in total. The lowest BCUT2D eigenvalue weighted by Crippen LogP contribution is -2.55. The van der Waals surface area contributed by atoms with Gasteiger partial charge in [-0.3, -0.25) is 14.5 Å². The van der Waals surface area contributed by atoms with E-state index < -0.39 is 21.2 Å². The number of nitrogens with zero attached hydrogens (tertiary/aromatic N) is 3. The van der Waals surface area contributed by atoms with Crippen LogP contribution in [0.5, 0.6) is 5.75 Å². The first kappa shape index (κ1) is 38.9. The molecule has 1 aliphatic carbocycles.